The second-order valence-corrected chi connectivity index (χ2v) is 4.91. The molecule has 0 spiro atoms. The van der Waals surface area contributed by atoms with Crippen molar-refractivity contribution in [3.05, 3.63) is 0 Å². The molecule has 3 N–H and O–H groups in total. The Bertz CT molecular complexity index is 410. The Morgan fingerprint density at radius 2 is 2.00 bits per heavy atom. The van der Waals surface area contributed by atoms with E-state index in [-0.39, 0.29) is 10.3 Å². The number of hydrogen-bond acceptors (Lipinski definition) is 7. The number of ether oxygens (including phenoxy) is 1. The summed E-state index contributed by atoms with van der Waals surface area (Å²) in [6.07, 6.45) is 0. The van der Waals surface area contributed by atoms with Gasteiger partial charge in [0, 0.05) is 0 Å². The summed E-state index contributed by atoms with van der Waals surface area (Å²) in [4.78, 5) is 22.6. The van der Waals surface area contributed by atoms with Crippen LogP contribution in [0.3, 0.4) is 0 Å². The Balaban J connectivity index is 2.56. The number of hydrogen-bond donors (Lipinski definition) is 2. The fraction of sp³-hybridized carbons (Fsp3) is 0.500. The zero-order valence-corrected chi connectivity index (χ0v) is 9.92. The molecule has 8 heteroatoms. The van der Waals surface area contributed by atoms with Crippen LogP contribution < -0.4 is 11.1 Å². The van der Waals surface area contributed by atoms with Crippen molar-refractivity contribution in [3.63, 3.8) is 0 Å². The molecule has 88 valence electrons. The minimum atomic E-state index is -0.971. The minimum Gasteiger partial charge on any atom is -0.453 e. The summed E-state index contributed by atoms with van der Waals surface area (Å²) < 4.78 is 4.85. The van der Waals surface area contributed by atoms with Gasteiger partial charge < -0.3 is 10.5 Å². The Hall–Kier alpha value is -1.70. The van der Waals surface area contributed by atoms with Gasteiger partial charge in [-0.2, -0.15) is 0 Å². The molecular formula is C8H12N4O3S. The van der Waals surface area contributed by atoms with E-state index in [4.69, 9.17) is 10.5 Å². The molecule has 0 bridgehead atoms. The van der Waals surface area contributed by atoms with Crippen LogP contribution in [-0.4, -0.2) is 27.7 Å². The van der Waals surface area contributed by atoms with E-state index in [1.807, 2.05) is 0 Å². The first-order chi connectivity index (χ1) is 7.28. The van der Waals surface area contributed by atoms with Crippen molar-refractivity contribution >= 4 is 33.5 Å². The van der Waals surface area contributed by atoms with E-state index in [0.717, 1.165) is 11.3 Å². The largest absolute Gasteiger partial charge is 0.453 e. The monoisotopic (exact) mass is 244 g/mol. The lowest BCUT2D eigenvalue weighted by molar-refractivity contribution is -0.161. The van der Waals surface area contributed by atoms with Crippen molar-refractivity contribution in [2.45, 2.75) is 26.4 Å². The van der Waals surface area contributed by atoms with Gasteiger partial charge in [0.05, 0.1) is 0 Å². The molecule has 0 aliphatic carbocycles. The number of nitrogens with two attached hydrogens (primary N) is 1. The Morgan fingerprint density at radius 3 is 2.44 bits per heavy atom. The summed E-state index contributed by atoms with van der Waals surface area (Å²) in [6, 6.07) is 0. The smallest absolute Gasteiger partial charge is 0.397 e. The van der Waals surface area contributed by atoms with Gasteiger partial charge in [0.2, 0.25) is 10.3 Å². The van der Waals surface area contributed by atoms with E-state index in [1.165, 1.54) is 0 Å². The Kier molecular flexibility index (Phi) is 3.43. The average molecular weight is 244 g/mol. The molecule has 1 heterocycles. The molecule has 0 saturated heterocycles. The minimum absolute atomic E-state index is 0.161. The molecule has 1 aromatic heterocycles. The molecule has 1 amide bonds. The van der Waals surface area contributed by atoms with Gasteiger partial charge in [-0.05, 0) is 20.8 Å². The molecule has 0 unspecified atom stereocenters. The third kappa shape index (κ3) is 3.81. The Morgan fingerprint density at radius 1 is 1.38 bits per heavy atom. The second kappa shape index (κ2) is 4.44. The van der Waals surface area contributed by atoms with Gasteiger partial charge in [-0.25, -0.2) is 4.79 Å². The molecule has 0 fully saturated rings. The average Bonchev–Trinajstić information content (AvgIpc) is 2.48. The quantitative estimate of drug-likeness (QED) is 0.547. The lowest BCUT2D eigenvalue weighted by Crippen LogP contribution is -2.32. The highest BCUT2D eigenvalue weighted by atomic mass is 32.1. The van der Waals surface area contributed by atoms with Crippen LogP contribution in [-0.2, 0) is 14.3 Å². The van der Waals surface area contributed by atoms with E-state index in [9.17, 15) is 9.59 Å². The number of anilines is 2. The number of nitrogens with zero attached hydrogens (tertiary/aromatic N) is 2. The number of esters is 1. The van der Waals surface area contributed by atoms with Gasteiger partial charge in [-0.1, -0.05) is 11.3 Å². The summed E-state index contributed by atoms with van der Waals surface area (Å²) in [5.74, 6) is -1.87. The molecule has 0 atom stereocenters. The molecule has 0 aromatic carbocycles. The van der Waals surface area contributed by atoms with Gasteiger partial charge >= 0.3 is 11.9 Å². The maximum absolute atomic E-state index is 11.3. The fourth-order valence-electron chi connectivity index (χ4n) is 0.758. The van der Waals surface area contributed by atoms with Crippen LogP contribution in [0.1, 0.15) is 20.8 Å². The summed E-state index contributed by atoms with van der Waals surface area (Å²) in [5.41, 5.74) is 4.60. The van der Waals surface area contributed by atoms with E-state index in [2.05, 4.69) is 15.5 Å². The predicted octanol–water partition coefficient (Wildman–Crippen LogP) is 0.401. The number of aromatic nitrogens is 2. The van der Waals surface area contributed by atoms with E-state index >= 15 is 0 Å². The molecular weight excluding hydrogens is 232 g/mol. The highest BCUT2D eigenvalue weighted by Gasteiger charge is 2.23. The predicted molar refractivity (Wildman–Crippen MR) is 58.8 cm³/mol. The zero-order valence-electron chi connectivity index (χ0n) is 9.10. The van der Waals surface area contributed by atoms with Crippen LogP contribution in [0.4, 0.5) is 10.3 Å². The highest BCUT2D eigenvalue weighted by molar-refractivity contribution is 7.19. The van der Waals surface area contributed by atoms with Crippen LogP contribution in [0.25, 0.3) is 0 Å². The summed E-state index contributed by atoms with van der Waals surface area (Å²) in [7, 11) is 0. The number of nitrogen functional groups attached to an aromatic ring is 1. The molecule has 7 nitrogen and oxygen atoms in total. The van der Waals surface area contributed by atoms with Gasteiger partial charge in [-0.15, -0.1) is 10.2 Å². The summed E-state index contributed by atoms with van der Waals surface area (Å²) in [5, 5.41) is 9.63. The van der Waals surface area contributed by atoms with Crippen LogP contribution in [0, 0.1) is 0 Å². The van der Waals surface area contributed by atoms with Gasteiger partial charge in [0.15, 0.2) is 0 Å². The first kappa shape index (κ1) is 12.4. The third-order valence-corrected chi connectivity index (χ3v) is 1.91. The topological polar surface area (TPSA) is 107 Å². The third-order valence-electron chi connectivity index (χ3n) is 1.25. The van der Waals surface area contributed by atoms with Gasteiger partial charge in [-0.3, -0.25) is 10.1 Å². The van der Waals surface area contributed by atoms with E-state index in [1.54, 1.807) is 20.8 Å². The highest BCUT2D eigenvalue weighted by Crippen LogP contribution is 2.16. The molecule has 16 heavy (non-hydrogen) atoms. The maximum atomic E-state index is 11.3. The molecule has 0 aliphatic rings. The Labute approximate surface area is 96.0 Å². The SMILES string of the molecule is CC(C)(C)OC(=O)C(=O)Nc1nnc(N)s1. The van der Waals surface area contributed by atoms with Crippen molar-refractivity contribution in [3.8, 4) is 0 Å². The standard InChI is InChI=1S/C8H12N4O3S/c1-8(2,3)15-5(14)4(13)10-7-12-11-6(9)16-7/h1-3H3,(H2,9,11)(H,10,12,13). The van der Waals surface area contributed by atoms with E-state index in [0.29, 0.717) is 0 Å². The zero-order chi connectivity index (χ0) is 12.3. The molecule has 0 radical (unpaired) electrons. The van der Waals surface area contributed by atoms with Crippen molar-refractivity contribution < 1.29 is 14.3 Å². The van der Waals surface area contributed by atoms with Crippen LogP contribution in [0.5, 0.6) is 0 Å². The van der Waals surface area contributed by atoms with Gasteiger partial charge in [0.25, 0.3) is 0 Å². The maximum Gasteiger partial charge on any atom is 0.397 e. The number of amides is 1. The van der Waals surface area contributed by atoms with Crippen LogP contribution in [0.2, 0.25) is 0 Å². The molecule has 0 saturated carbocycles. The normalized spacial score (nSPS) is 10.9. The van der Waals surface area contributed by atoms with E-state index < -0.39 is 17.5 Å². The molecule has 1 rings (SSSR count). The van der Waals surface area contributed by atoms with Crippen LogP contribution >= 0.6 is 11.3 Å². The first-order valence-electron chi connectivity index (χ1n) is 4.41. The van der Waals surface area contributed by atoms with Crippen molar-refractivity contribution in [2.24, 2.45) is 0 Å². The van der Waals surface area contributed by atoms with Crippen molar-refractivity contribution in [1.82, 2.24) is 10.2 Å². The van der Waals surface area contributed by atoms with Gasteiger partial charge in [0.1, 0.15) is 5.60 Å². The lowest BCUT2D eigenvalue weighted by Gasteiger charge is -2.18. The fourth-order valence-corrected chi connectivity index (χ4v) is 1.26. The summed E-state index contributed by atoms with van der Waals surface area (Å²) >= 11 is 0.967. The summed E-state index contributed by atoms with van der Waals surface area (Å²) in [6.45, 7) is 5.00. The van der Waals surface area contributed by atoms with Crippen molar-refractivity contribution in [2.75, 3.05) is 11.1 Å². The van der Waals surface area contributed by atoms with Crippen LogP contribution in [0.15, 0.2) is 0 Å². The lowest BCUT2D eigenvalue weighted by atomic mass is 10.2. The number of carbonyl (C=O) groups excluding carboxylic acids is 2. The number of carbonyl (C=O) groups is 2. The molecule has 0 aliphatic heterocycles. The second-order valence-electron chi connectivity index (χ2n) is 3.90. The van der Waals surface area contributed by atoms with Crippen molar-refractivity contribution in [1.29, 1.82) is 0 Å². The first-order valence-corrected chi connectivity index (χ1v) is 5.23. The number of nitrogens with one attached hydrogen (secondary N) is 1. The molecule has 1 aromatic rings. The number of rotatable bonds is 1.